The Bertz CT molecular complexity index is 639. The van der Waals surface area contributed by atoms with Gasteiger partial charge in [-0.15, -0.1) is 0 Å². The van der Waals surface area contributed by atoms with Crippen molar-refractivity contribution in [2.75, 3.05) is 7.11 Å². The normalized spacial score (nSPS) is 10.3. The molecule has 0 heterocycles. The fourth-order valence-corrected chi connectivity index (χ4v) is 2.04. The monoisotopic (exact) mass is 296 g/mol. The molecule has 0 aliphatic carbocycles. The smallest absolute Gasteiger partial charge is 0.339 e. The van der Waals surface area contributed by atoms with Crippen LogP contribution in [0.5, 0.6) is 5.75 Å². The second kappa shape index (κ2) is 5.51. The molecule has 2 aromatic carbocycles. The summed E-state index contributed by atoms with van der Waals surface area (Å²) < 4.78 is 4.62. The summed E-state index contributed by atoms with van der Waals surface area (Å²) in [5.41, 5.74) is 1.82. The lowest BCUT2D eigenvalue weighted by Crippen LogP contribution is -2.01. The van der Waals surface area contributed by atoms with Crippen molar-refractivity contribution in [3.05, 3.63) is 52.0 Å². The molecular weight excluding hydrogens is 287 g/mol. The number of phenols is 1. The lowest BCUT2D eigenvalue weighted by molar-refractivity contribution is 0.0601. The molecule has 0 aliphatic heterocycles. The highest BCUT2D eigenvalue weighted by Crippen LogP contribution is 2.31. The molecule has 19 heavy (non-hydrogen) atoms. The maximum absolute atomic E-state index is 11.4. The number of halogens is 2. The van der Waals surface area contributed by atoms with Gasteiger partial charge in [0.2, 0.25) is 0 Å². The van der Waals surface area contributed by atoms with Crippen LogP contribution in [0.4, 0.5) is 0 Å². The summed E-state index contributed by atoms with van der Waals surface area (Å²) >= 11 is 11.8. The first-order chi connectivity index (χ1) is 9.02. The van der Waals surface area contributed by atoms with Crippen molar-refractivity contribution in [3.8, 4) is 16.9 Å². The zero-order chi connectivity index (χ0) is 14.0. The lowest BCUT2D eigenvalue weighted by atomic mass is 10.0. The van der Waals surface area contributed by atoms with E-state index < -0.39 is 5.97 Å². The molecular formula is C14H10Cl2O3. The van der Waals surface area contributed by atoms with Crippen LogP contribution in [0.2, 0.25) is 10.0 Å². The standard InChI is InChI=1S/C14H10Cl2O3/c1-19-14(18)10-4-2-8(6-12(10)16)9-3-5-11(15)13(17)7-9/h2-7,17H,1H3. The first kappa shape index (κ1) is 13.7. The molecule has 0 unspecified atom stereocenters. The Kier molecular flexibility index (Phi) is 3.98. The summed E-state index contributed by atoms with van der Waals surface area (Å²) in [5, 5.41) is 10.1. The van der Waals surface area contributed by atoms with Gasteiger partial charge in [0.15, 0.2) is 0 Å². The summed E-state index contributed by atoms with van der Waals surface area (Å²) in [6.07, 6.45) is 0. The van der Waals surface area contributed by atoms with Gasteiger partial charge in [-0.05, 0) is 35.4 Å². The van der Waals surface area contributed by atoms with Gasteiger partial charge >= 0.3 is 5.97 Å². The highest BCUT2D eigenvalue weighted by Gasteiger charge is 2.12. The summed E-state index contributed by atoms with van der Waals surface area (Å²) in [7, 11) is 1.30. The van der Waals surface area contributed by atoms with Gasteiger partial charge in [-0.2, -0.15) is 0 Å². The molecule has 5 heteroatoms. The molecule has 0 bridgehead atoms. The molecule has 0 aromatic heterocycles. The van der Waals surface area contributed by atoms with E-state index in [4.69, 9.17) is 23.2 Å². The van der Waals surface area contributed by atoms with Crippen LogP contribution in [-0.2, 0) is 4.74 Å². The quantitative estimate of drug-likeness (QED) is 0.847. The van der Waals surface area contributed by atoms with Gasteiger partial charge in [0, 0.05) is 0 Å². The molecule has 0 aliphatic rings. The van der Waals surface area contributed by atoms with Gasteiger partial charge in [-0.3, -0.25) is 0 Å². The molecule has 0 fully saturated rings. The van der Waals surface area contributed by atoms with Gasteiger partial charge in [-0.25, -0.2) is 4.79 Å². The van der Waals surface area contributed by atoms with E-state index in [0.717, 1.165) is 11.1 Å². The zero-order valence-corrected chi connectivity index (χ0v) is 11.5. The molecule has 0 amide bonds. The maximum Gasteiger partial charge on any atom is 0.339 e. The number of rotatable bonds is 2. The Morgan fingerprint density at radius 3 is 2.26 bits per heavy atom. The van der Waals surface area contributed by atoms with Gasteiger partial charge < -0.3 is 9.84 Å². The first-order valence-corrected chi connectivity index (χ1v) is 6.15. The van der Waals surface area contributed by atoms with Crippen molar-refractivity contribution < 1.29 is 14.6 Å². The van der Waals surface area contributed by atoms with E-state index >= 15 is 0 Å². The predicted molar refractivity (Wildman–Crippen MR) is 74.9 cm³/mol. The van der Waals surface area contributed by atoms with E-state index in [1.54, 1.807) is 30.3 Å². The van der Waals surface area contributed by atoms with Crippen molar-refractivity contribution in [2.45, 2.75) is 0 Å². The summed E-state index contributed by atoms with van der Waals surface area (Å²) in [6, 6.07) is 9.82. The number of hydrogen-bond donors (Lipinski definition) is 1. The van der Waals surface area contributed by atoms with E-state index in [0.29, 0.717) is 10.6 Å². The molecule has 0 radical (unpaired) electrons. The van der Waals surface area contributed by atoms with E-state index in [-0.39, 0.29) is 10.8 Å². The zero-order valence-electron chi connectivity index (χ0n) is 9.98. The number of carbonyl (C=O) groups excluding carboxylic acids is 1. The molecule has 2 rings (SSSR count). The average Bonchev–Trinajstić information content (AvgIpc) is 2.41. The topological polar surface area (TPSA) is 46.5 Å². The fourth-order valence-electron chi connectivity index (χ4n) is 1.66. The van der Waals surface area contributed by atoms with Crippen molar-refractivity contribution in [2.24, 2.45) is 0 Å². The van der Waals surface area contributed by atoms with Crippen molar-refractivity contribution in [3.63, 3.8) is 0 Å². The number of carbonyl (C=O) groups is 1. The van der Waals surface area contributed by atoms with E-state index in [1.165, 1.54) is 13.2 Å². The Morgan fingerprint density at radius 2 is 1.68 bits per heavy atom. The number of ether oxygens (including phenoxy) is 1. The van der Waals surface area contributed by atoms with Crippen LogP contribution in [0.3, 0.4) is 0 Å². The molecule has 0 saturated carbocycles. The summed E-state index contributed by atoms with van der Waals surface area (Å²) in [4.78, 5) is 11.4. The number of phenolic OH excluding ortho intramolecular Hbond substituents is 1. The number of benzene rings is 2. The molecule has 98 valence electrons. The Hall–Kier alpha value is -1.71. The van der Waals surface area contributed by atoms with E-state index in [9.17, 15) is 9.90 Å². The fraction of sp³-hybridized carbons (Fsp3) is 0.0714. The summed E-state index contributed by atoms with van der Waals surface area (Å²) in [6.45, 7) is 0. The Balaban J connectivity index is 2.44. The van der Waals surface area contributed by atoms with Gasteiger partial charge in [0.25, 0.3) is 0 Å². The van der Waals surface area contributed by atoms with Crippen LogP contribution >= 0.6 is 23.2 Å². The number of esters is 1. The first-order valence-electron chi connectivity index (χ1n) is 5.39. The molecule has 0 spiro atoms. The van der Waals surface area contributed by atoms with E-state index in [1.807, 2.05) is 0 Å². The lowest BCUT2D eigenvalue weighted by Gasteiger charge is -2.07. The van der Waals surface area contributed by atoms with Crippen LogP contribution in [0.1, 0.15) is 10.4 Å². The molecule has 2 aromatic rings. The van der Waals surface area contributed by atoms with E-state index in [2.05, 4.69) is 4.74 Å². The highest BCUT2D eigenvalue weighted by molar-refractivity contribution is 6.34. The summed E-state index contributed by atoms with van der Waals surface area (Å²) in [5.74, 6) is -0.497. The second-order valence-corrected chi connectivity index (χ2v) is 4.67. The van der Waals surface area contributed by atoms with Crippen molar-refractivity contribution >= 4 is 29.2 Å². The predicted octanol–water partition coefficient (Wildman–Crippen LogP) is 4.15. The molecule has 0 atom stereocenters. The minimum atomic E-state index is -0.490. The Labute approximate surface area is 120 Å². The van der Waals surface area contributed by atoms with Crippen LogP contribution in [-0.4, -0.2) is 18.2 Å². The number of aromatic hydroxyl groups is 1. The third-order valence-electron chi connectivity index (χ3n) is 2.65. The van der Waals surface area contributed by atoms with Crippen LogP contribution in [0, 0.1) is 0 Å². The number of methoxy groups -OCH3 is 1. The van der Waals surface area contributed by atoms with Gasteiger partial charge in [0.1, 0.15) is 5.75 Å². The largest absolute Gasteiger partial charge is 0.506 e. The van der Waals surface area contributed by atoms with Crippen LogP contribution < -0.4 is 0 Å². The minimum absolute atomic E-state index is 0.00710. The second-order valence-electron chi connectivity index (χ2n) is 3.85. The van der Waals surface area contributed by atoms with Gasteiger partial charge in [-0.1, -0.05) is 35.3 Å². The minimum Gasteiger partial charge on any atom is -0.506 e. The van der Waals surface area contributed by atoms with Crippen LogP contribution in [0.25, 0.3) is 11.1 Å². The SMILES string of the molecule is COC(=O)c1ccc(-c2ccc(Cl)c(O)c2)cc1Cl. The highest BCUT2D eigenvalue weighted by atomic mass is 35.5. The van der Waals surface area contributed by atoms with Crippen molar-refractivity contribution in [1.29, 1.82) is 0 Å². The molecule has 3 nitrogen and oxygen atoms in total. The third-order valence-corrected chi connectivity index (χ3v) is 3.29. The third kappa shape index (κ3) is 2.83. The average molecular weight is 297 g/mol. The maximum atomic E-state index is 11.4. The Morgan fingerprint density at radius 1 is 1.05 bits per heavy atom. The molecule has 1 N–H and O–H groups in total. The van der Waals surface area contributed by atoms with Crippen LogP contribution in [0.15, 0.2) is 36.4 Å². The van der Waals surface area contributed by atoms with Gasteiger partial charge in [0.05, 0.1) is 22.7 Å². The number of hydrogen-bond acceptors (Lipinski definition) is 3. The molecule has 0 saturated heterocycles. The van der Waals surface area contributed by atoms with Crippen molar-refractivity contribution in [1.82, 2.24) is 0 Å².